The summed E-state index contributed by atoms with van der Waals surface area (Å²) in [5, 5.41) is 14.0. The first-order valence-electron chi connectivity index (χ1n) is 7.33. The minimum absolute atomic E-state index is 0.0805. The average Bonchev–Trinajstić information content (AvgIpc) is 3.18. The lowest BCUT2D eigenvalue weighted by molar-refractivity contribution is -0.0698. The first kappa shape index (κ1) is 14.3. The van der Waals surface area contributed by atoms with Gasteiger partial charge in [0.1, 0.15) is 5.60 Å². The first-order valence-corrected chi connectivity index (χ1v) is 7.70. The second-order valence-electron chi connectivity index (χ2n) is 5.80. The van der Waals surface area contributed by atoms with Gasteiger partial charge in [-0.1, -0.05) is 11.6 Å². The van der Waals surface area contributed by atoms with Crippen LogP contribution < -0.4 is 5.32 Å². The Bertz CT molecular complexity index is 459. The Morgan fingerprint density at radius 3 is 3.00 bits per heavy atom. The molecular formula is C15H21ClN2O2. The van der Waals surface area contributed by atoms with Crippen LogP contribution in [-0.2, 0) is 11.3 Å². The summed E-state index contributed by atoms with van der Waals surface area (Å²) in [5.74, 6) is 0.600. The highest BCUT2D eigenvalue weighted by molar-refractivity contribution is 6.31. The van der Waals surface area contributed by atoms with Crippen molar-refractivity contribution in [2.75, 3.05) is 13.2 Å². The lowest BCUT2D eigenvalue weighted by Gasteiger charge is -2.36. The molecule has 2 N–H and O–H groups in total. The molecule has 2 heterocycles. The number of hydrogen-bond acceptors (Lipinski definition) is 4. The van der Waals surface area contributed by atoms with Gasteiger partial charge in [-0.3, -0.25) is 4.98 Å². The van der Waals surface area contributed by atoms with Crippen LogP contribution in [0.5, 0.6) is 0 Å². The SMILES string of the molecule is OCC1(C(NCc2ncccc2Cl)C2CC2)CCCO1. The maximum Gasteiger partial charge on any atom is 0.107 e. The van der Waals surface area contributed by atoms with E-state index in [4.69, 9.17) is 16.3 Å². The minimum atomic E-state index is -0.414. The third kappa shape index (κ3) is 2.84. The number of nitrogens with zero attached hydrogens (tertiary/aromatic N) is 1. The Morgan fingerprint density at radius 2 is 2.40 bits per heavy atom. The maximum absolute atomic E-state index is 9.81. The van der Waals surface area contributed by atoms with Crippen LogP contribution in [0.3, 0.4) is 0 Å². The molecule has 0 radical (unpaired) electrons. The number of aliphatic hydroxyl groups excluding tert-OH is 1. The monoisotopic (exact) mass is 296 g/mol. The molecule has 1 saturated carbocycles. The summed E-state index contributed by atoms with van der Waals surface area (Å²) in [6.07, 6.45) is 6.11. The summed E-state index contributed by atoms with van der Waals surface area (Å²) in [6.45, 7) is 1.44. The summed E-state index contributed by atoms with van der Waals surface area (Å²) >= 11 is 6.15. The fourth-order valence-electron chi connectivity index (χ4n) is 3.15. The van der Waals surface area contributed by atoms with Gasteiger partial charge in [0.15, 0.2) is 0 Å². The van der Waals surface area contributed by atoms with Crippen LogP contribution in [0.2, 0.25) is 5.02 Å². The Hall–Kier alpha value is -0.680. The van der Waals surface area contributed by atoms with Crippen molar-refractivity contribution in [3.8, 4) is 0 Å². The van der Waals surface area contributed by atoms with Crippen LogP contribution in [0.25, 0.3) is 0 Å². The van der Waals surface area contributed by atoms with Crippen molar-refractivity contribution < 1.29 is 9.84 Å². The van der Waals surface area contributed by atoms with E-state index in [0.29, 0.717) is 17.5 Å². The molecule has 4 nitrogen and oxygen atoms in total. The first-order chi connectivity index (χ1) is 9.75. The number of nitrogens with one attached hydrogen (secondary N) is 1. The summed E-state index contributed by atoms with van der Waals surface area (Å²) in [6, 6.07) is 3.87. The van der Waals surface area contributed by atoms with Crippen molar-refractivity contribution in [2.24, 2.45) is 5.92 Å². The number of ether oxygens (including phenoxy) is 1. The molecule has 2 atom stereocenters. The Kier molecular flexibility index (Phi) is 4.26. The molecule has 20 heavy (non-hydrogen) atoms. The predicted octanol–water partition coefficient (Wildman–Crippen LogP) is 2.14. The Labute approximate surface area is 124 Å². The number of halogens is 1. The van der Waals surface area contributed by atoms with E-state index in [9.17, 15) is 5.11 Å². The zero-order valence-electron chi connectivity index (χ0n) is 11.5. The fourth-order valence-corrected chi connectivity index (χ4v) is 3.34. The van der Waals surface area contributed by atoms with Crippen molar-refractivity contribution in [1.82, 2.24) is 10.3 Å². The molecule has 2 unspecified atom stereocenters. The van der Waals surface area contributed by atoms with E-state index in [-0.39, 0.29) is 12.6 Å². The summed E-state index contributed by atoms with van der Waals surface area (Å²) in [5.41, 5.74) is 0.438. The van der Waals surface area contributed by atoms with Crippen LogP contribution in [0.4, 0.5) is 0 Å². The molecule has 1 aromatic heterocycles. The third-order valence-electron chi connectivity index (χ3n) is 4.39. The number of aromatic nitrogens is 1. The van der Waals surface area contributed by atoms with Gasteiger partial charge in [0.05, 0.1) is 17.3 Å². The molecule has 1 aliphatic carbocycles. The molecule has 5 heteroatoms. The molecule has 3 rings (SSSR count). The second-order valence-corrected chi connectivity index (χ2v) is 6.21. The van der Waals surface area contributed by atoms with Gasteiger partial charge in [-0.15, -0.1) is 0 Å². The number of pyridine rings is 1. The highest BCUT2D eigenvalue weighted by atomic mass is 35.5. The molecular weight excluding hydrogens is 276 g/mol. The van der Waals surface area contributed by atoms with E-state index in [0.717, 1.165) is 25.1 Å². The second kappa shape index (κ2) is 5.98. The van der Waals surface area contributed by atoms with Gasteiger partial charge in [0.2, 0.25) is 0 Å². The molecule has 0 spiro atoms. The van der Waals surface area contributed by atoms with E-state index in [2.05, 4.69) is 10.3 Å². The smallest absolute Gasteiger partial charge is 0.107 e. The lowest BCUT2D eigenvalue weighted by atomic mass is 9.88. The third-order valence-corrected chi connectivity index (χ3v) is 4.73. The normalized spacial score (nSPS) is 27.7. The molecule has 1 aliphatic heterocycles. The quantitative estimate of drug-likeness (QED) is 0.844. The molecule has 0 amide bonds. The van der Waals surface area contributed by atoms with E-state index in [1.807, 2.05) is 12.1 Å². The van der Waals surface area contributed by atoms with Gasteiger partial charge in [-0.2, -0.15) is 0 Å². The van der Waals surface area contributed by atoms with Crippen molar-refractivity contribution in [1.29, 1.82) is 0 Å². The van der Waals surface area contributed by atoms with E-state index >= 15 is 0 Å². The van der Waals surface area contributed by atoms with Crippen molar-refractivity contribution >= 4 is 11.6 Å². The molecule has 1 saturated heterocycles. The summed E-state index contributed by atoms with van der Waals surface area (Å²) in [4.78, 5) is 4.31. The van der Waals surface area contributed by atoms with Gasteiger partial charge in [-0.05, 0) is 43.7 Å². The van der Waals surface area contributed by atoms with Gasteiger partial charge < -0.3 is 15.2 Å². The van der Waals surface area contributed by atoms with Gasteiger partial charge in [-0.25, -0.2) is 0 Å². The standard InChI is InChI=1S/C15H21ClN2O2/c16-12-3-1-7-17-13(12)9-18-14(11-4-5-11)15(10-19)6-2-8-20-15/h1,3,7,11,14,18-19H,2,4-6,8-10H2. The van der Waals surface area contributed by atoms with Gasteiger partial charge >= 0.3 is 0 Å². The highest BCUT2D eigenvalue weighted by Gasteiger charge is 2.48. The lowest BCUT2D eigenvalue weighted by Crippen LogP contribution is -2.54. The Balaban J connectivity index is 1.70. The molecule has 0 aromatic carbocycles. The largest absolute Gasteiger partial charge is 0.393 e. The minimum Gasteiger partial charge on any atom is -0.393 e. The van der Waals surface area contributed by atoms with Crippen molar-refractivity contribution in [2.45, 2.75) is 43.9 Å². The topological polar surface area (TPSA) is 54.4 Å². The van der Waals surface area contributed by atoms with Crippen LogP contribution in [0, 0.1) is 5.92 Å². The summed E-state index contributed by atoms with van der Waals surface area (Å²) < 4.78 is 5.91. The Morgan fingerprint density at radius 1 is 1.55 bits per heavy atom. The van der Waals surface area contributed by atoms with E-state index in [1.54, 1.807) is 6.20 Å². The highest BCUT2D eigenvalue weighted by Crippen LogP contribution is 2.42. The van der Waals surface area contributed by atoms with Crippen LogP contribution in [0.1, 0.15) is 31.4 Å². The van der Waals surface area contributed by atoms with Crippen LogP contribution in [-0.4, -0.2) is 34.9 Å². The van der Waals surface area contributed by atoms with Gasteiger partial charge in [0, 0.05) is 25.4 Å². The molecule has 0 bridgehead atoms. The van der Waals surface area contributed by atoms with Crippen molar-refractivity contribution in [3.63, 3.8) is 0 Å². The van der Waals surface area contributed by atoms with Crippen molar-refractivity contribution in [3.05, 3.63) is 29.0 Å². The molecule has 2 fully saturated rings. The molecule has 110 valence electrons. The number of aliphatic hydroxyl groups is 1. The predicted molar refractivity (Wildman–Crippen MR) is 77.6 cm³/mol. The zero-order valence-corrected chi connectivity index (χ0v) is 12.3. The molecule has 1 aromatic rings. The zero-order chi connectivity index (χ0) is 14.0. The van der Waals surface area contributed by atoms with E-state index in [1.165, 1.54) is 12.8 Å². The average molecular weight is 297 g/mol. The van der Waals surface area contributed by atoms with E-state index < -0.39 is 5.60 Å². The van der Waals surface area contributed by atoms with Crippen LogP contribution in [0.15, 0.2) is 18.3 Å². The fraction of sp³-hybridized carbons (Fsp3) is 0.667. The summed E-state index contributed by atoms with van der Waals surface area (Å²) in [7, 11) is 0. The van der Waals surface area contributed by atoms with Gasteiger partial charge in [0.25, 0.3) is 0 Å². The van der Waals surface area contributed by atoms with Crippen LogP contribution >= 0.6 is 11.6 Å². The maximum atomic E-state index is 9.81. The number of hydrogen-bond donors (Lipinski definition) is 2. The number of rotatable bonds is 6. The molecule has 2 aliphatic rings.